The third kappa shape index (κ3) is 3.49. The van der Waals surface area contributed by atoms with Gasteiger partial charge in [-0.25, -0.2) is 10.1 Å². The third-order valence-electron chi connectivity index (χ3n) is 2.61. The van der Waals surface area contributed by atoms with Crippen molar-refractivity contribution in [3.8, 4) is 0 Å². The highest BCUT2D eigenvalue weighted by atomic mass is 32.1. The fourth-order valence-electron chi connectivity index (χ4n) is 1.59. The van der Waals surface area contributed by atoms with Crippen molar-refractivity contribution in [2.45, 2.75) is 19.9 Å². The predicted molar refractivity (Wildman–Crippen MR) is 77.0 cm³/mol. The van der Waals surface area contributed by atoms with Gasteiger partial charge in [-0.1, -0.05) is 6.92 Å². The van der Waals surface area contributed by atoms with Gasteiger partial charge in [0.1, 0.15) is 5.69 Å². The van der Waals surface area contributed by atoms with Gasteiger partial charge in [0.2, 0.25) is 0 Å². The molecule has 0 radical (unpaired) electrons. The summed E-state index contributed by atoms with van der Waals surface area (Å²) in [6.45, 7) is 4.88. The maximum atomic E-state index is 11.9. The Morgan fingerprint density at radius 2 is 2.30 bits per heavy atom. The number of anilines is 1. The van der Waals surface area contributed by atoms with E-state index in [2.05, 4.69) is 25.8 Å². The summed E-state index contributed by atoms with van der Waals surface area (Å²) in [6, 6.07) is 2.75. The van der Waals surface area contributed by atoms with Crippen LogP contribution in [0.5, 0.6) is 0 Å². The molecule has 0 aromatic carbocycles. The highest BCUT2D eigenvalue weighted by molar-refractivity contribution is 7.14. The molecule has 0 saturated heterocycles. The largest absolute Gasteiger partial charge is 0.309 e. The number of hydrogen-bond donors (Lipinski definition) is 3. The lowest BCUT2D eigenvalue weighted by molar-refractivity contribution is 0.102. The van der Waals surface area contributed by atoms with Gasteiger partial charge in [0.25, 0.3) is 11.5 Å². The second-order valence-corrected chi connectivity index (χ2v) is 4.98. The van der Waals surface area contributed by atoms with Crippen molar-refractivity contribution in [2.24, 2.45) is 0 Å². The Morgan fingerprint density at radius 3 is 2.95 bits per heavy atom. The number of nitrogens with one attached hydrogen (secondary N) is 3. The van der Waals surface area contributed by atoms with Crippen molar-refractivity contribution in [2.75, 3.05) is 11.9 Å². The molecule has 2 aromatic heterocycles. The summed E-state index contributed by atoms with van der Waals surface area (Å²) in [4.78, 5) is 27.1. The molecule has 0 saturated carbocycles. The Hall–Kier alpha value is -2.06. The van der Waals surface area contributed by atoms with Crippen LogP contribution in [0.15, 0.2) is 22.3 Å². The summed E-state index contributed by atoms with van der Waals surface area (Å²) in [7, 11) is 0. The van der Waals surface area contributed by atoms with E-state index in [4.69, 9.17) is 0 Å². The van der Waals surface area contributed by atoms with Gasteiger partial charge in [0.15, 0.2) is 5.13 Å². The van der Waals surface area contributed by atoms with Crippen LogP contribution in [0.3, 0.4) is 0 Å². The van der Waals surface area contributed by atoms with Gasteiger partial charge in [-0.05, 0) is 19.5 Å². The summed E-state index contributed by atoms with van der Waals surface area (Å²) < 4.78 is 0. The van der Waals surface area contributed by atoms with Crippen LogP contribution in [-0.2, 0) is 0 Å². The smallest absolute Gasteiger partial charge is 0.277 e. The Labute approximate surface area is 119 Å². The normalized spacial score (nSPS) is 12.1. The minimum atomic E-state index is -0.404. The van der Waals surface area contributed by atoms with Crippen LogP contribution in [0.1, 0.15) is 36.1 Å². The Bertz CT molecular complexity index is 631. The fraction of sp³-hybridized carbons (Fsp3) is 0.333. The van der Waals surface area contributed by atoms with Gasteiger partial charge in [0.05, 0.1) is 5.69 Å². The predicted octanol–water partition coefficient (Wildman–Crippen LogP) is 1.15. The molecule has 0 aliphatic rings. The standard InChI is InChI=1S/C12H15N5O2S/c1-3-13-7(2)9-6-20-12(14-9)15-11(19)8-4-5-10(18)17-16-8/h4-7,13H,3H2,1-2H3,(H,17,18)(H,14,15,19). The van der Waals surface area contributed by atoms with E-state index < -0.39 is 5.91 Å². The molecule has 20 heavy (non-hydrogen) atoms. The topological polar surface area (TPSA) is 99.8 Å². The number of nitrogens with zero attached hydrogens (tertiary/aromatic N) is 2. The van der Waals surface area contributed by atoms with Crippen LogP contribution in [0.2, 0.25) is 0 Å². The van der Waals surface area contributed by atoms with Crippen molar-refractivity contribution in [3.63, 3.8) is 0 Å². The molecule has 7 nitrogen and oxygen atoms in total. The van der Waals surface area contributed by atoms with Crippen molar-refractivity contribution < 1.29 is 4.79 Å². The Kier molecular flexibility index (Phi) is 4.59. The fourth-order valence-corrected chi connectivity index (χ4v) is 2.38. The van der Waals surface area contributed by atoms with E-state index in [1.807, 2.05) is 19.2 Å². The van der Waals surface area contributed by atoms with Crippen molar-refractivity contribution in [3.05, 3.63) is 39.3 Å². The molecule has 0 spiro atoms. The van der Waals surface area contributed by atoms with Crippen LogP contribution >= 0.6 is 11.3 Å². The van der Waals surface area contributed by atoms with Crippen LogP contribution in [0.25, 0.3) is 0 Å². The number of carbonyl (C=O) groups excluding carboxylic acids is 1. The van der Waals surface area contributed by atoms with Crippen LogP contribution < -0.4 is 16.2 Å². The zero-order chi connectivity index (χ0) is 14.5. The van der Waals surface area contributed by atoms with Gasteiger partial charge in [-0.2, -0.15) is 5.10 Å². The van der Waals surface area contributed by atoms with E-state index in [0.29, 0.717) is 5.13 Å². The van der Waals surface area contributed by atoms with Gasteiger partial charge in [-0.15, -0.1) is 11.3 Å². The zero-order valence-electron chi connectivity index (χ0n) is 11.1. The minimum absolute atomic E-state index is 0.133. The molecule has 3 N–H and O–H groups in total. The molecule has 0 aliphatic carbocycles. The molecule has 8 heteroatoms. The number of amides is 1. The SMILES string of the molecule is CCNC(C)c1csc(NC(=O)c2ccc(=O)[nH]n2)n1. The second-order valence-electron chi connectivity index (χ2n) is 4.12. The molecule has 1 atom stereocenters. The lowest BCUT2D eigenvalue weighted by Crippen LogP contribution is -2.19. The van der Waals surface area contributed by atoms with Crippen molar-refractivity contribution >= 4 is 22.4 Å². The zero-order valence-corrected chi connectivity index (χ0v) is 12.0. The highest BCUT2D eigenvalue weighted by Crippen LogP contribution is 2.20. The molecule has 2 heterocycles. The molecule has 1 unspecified atom stereocenters. The van der Waals surface area contributed by atoms with Crippen molar-refractivity contribution in [1.29, 1.82) is 0 Å². The highest BCUT2D eigenvalue weighted by Gasteiger charge is 2.12. The molecule has 106 valence electrons. The van der Waals surface area contributed by atoms with E-state index in [1.165, 1.54) is 23.5 Å². The maximum Gasteiger partial charge on any atom is 0.277 e. The van der Waals surface area contributed by atoms with Gasteiger partial charge >= 0.3 is 0 Å². The van der Waals surface area contributed by atoms with Crippen LogP contribution in [-0.4, -0.2) is 27.6 Å². The molecular weight excluding hydrogens is 278 g/mol. The number of rotatable bonds is 5. The quantitative estimate of drug-likeness (QED) is 0.768. The van der Waals surface area contributed by atoms with Gasteiger partial charge in [-0.3, -0.25) is 14.9 Å². The van der Waals surface area contributed by atoms with E-state index in [1.54, 1.807) is 0 Å². The first-order valence-electron chi connectivity index (χ1n) is 6.16. The van der Waals surface area contributed by atoms with E-state index >= 15 is 0 Å². The van der Waals surface area contributed by atoms with Crippen LogP contribution in [0.4, 0.5) is 5.13 Å². The number of carbonyl (C=O) groups is 1. The number of thiazole rings is 1. The van der Waals surface area contributed by atoms with Crippen LogP contribution in [0, 0.1) is 0 Å². The Balaban J connectivity index is 2.05. The first-order chi connectivity index (χ1) is 9.60. The number of aromatic nitrogens is 3. The summed E-state index contributed by atoms with van der Waals surface area (Å²) >= 11 is 1.35. The average Bonchev–Trinajstić information content (AvgIpc) is 2.88. The first-order valence-corrected chi connectivity index (χ1v) is 7.04. The number of H-pyrrole nitrogens is 1. The Morgan fingerprint density at radius 1 is 1.50 bits per heavy atom. The lowest BCUT2D eigenvalue weighted by Gasteiger charge is -2.08. The first kappa shape index (κ1) is 14.4. The second kappa shape index (κ2) is 6.40. The monoisotopic (exact) mass is 293 g/mol. The van der Waals surface area contributed by atoms with E-state index in [-0.39, 0.29) is 17.3 Å². The summed E-state index contributed by atoms with van der Waals surface area (Å²) in [5, 5.41) is 14.2. The minimum Gasteiger partial charge on any atom is -0.309 e. The number of hydrogen-bond acceptors (Lipinski definition) is 6. The van der Waals surface area contributed by atoms with Gasteiger partial charge < -0.3 is 5.32 Å². The lowest BCUT2D eigenvalue weighted by atomic mass is 10.3. The number of aromatic amines is 1. The van der Waals surface area contributed by atoms with Gasteiger partial charge in [0, 0.05) is 17.5 Å². The molecule has 0 fully saturated rings. The summed E-state index contributed by atoms with van der Waals surface area (Å²) in [5.41, 5.74) is 0.667. The van der Waals surface area contributed by atoms with E-state index in [9.17, 15) is 9.59 Å². The summed E-state index contributed by atoms with van der Waals surface area (Å²) in [6.07, 6.45) is 0. The molecule has 0 bridgehead atoms. The molecule has 2 aromatic rings. The molecule has 0 aliphatic heterocycles. The maximum absolute atomic E-state index is 11.9. The molecular formula is C12H15N5O2S. The average molecular weight is 293 g/mol. The van der Waals surface area contributed by atoms with E-state index in [0.717, 1.165) is 12.2 Å². The summed E-state index contributed by atoms with van der Waals surface area (Å²) in [5.74, 6) is -0.404. The molecule has 1 amide bonds. The third-order valence-corrected chi connectivity index (χ3v) is 3.38. The molecule has 2 rings (SSSR count). The van der Waals surface area contributed by atoms with Crippen molar-refractivity contribution in [1.82, 2.24) is 20.5 Å².